The van der Waals surface area contributed by atoms with E-state index in [1.807, 2.05) is 26.0 Å². The van der Waals surface area contributed by atoms with Crippen LogP contribution >= 0.6 is 12.2 Å². The van der Waals surface area contributed by atoms with E-state index < -0.39 is 0 Å². The molecule has 0 aliphatic carbocycles. The van der Waals surface area contributed by atoms with Crippen LogP contribution in [-0.2, 0) is 11.3 Å². The molecule has 1 aliphatic heterocycles. The number of methoxy groups -OCH3 is 1. The number of hydrazone groups is 1. The average molecular weight is 351 g/mol. The van der Waals surface area contributed by atoms with Crippen molar-refractivity contribution in [2.24, 2.45) is 5.10 Å². The Kier molecular flexibility index (Phi) is 7.42. The molecule has 1 fully saturated rings. The van der Waals surface area contributed by atoms with Crippen molar-refractivity contribution in [1.29, 1.82) is 0 Å². The minimum atomic E-state index is 0.531. The van der Waals surface area contributed by atoms with Crippen LogP contribution in [0.5, 0.6) is 5.75 Å². The number of quaternary nitrogens is 1. The molecular weight excluding hydrogens is 324 g/mol. The molecule has 24 heavy (non-hydrogen) atoms. The molecule has 2 rings (SSSR count). The van der Waals surface area contributed by atoms with E-state index in [2.05, 4.69) is 21.9 Å². The Hall–Kier alpha value is -1.70. The first-order chi connectivity index (χ1) is 11.6. The highest BCUT2D eigenvalue weighted by Crippen LogP contribution is 2.19. The summed E-state index contributed by atoms with van der Waals surface area (Å²) in [6, 6.07) is 6.18. The van der Waals surface area contributed by atoms with Gasteiger partial charge in [-0.15, -0.1) is 0 Å². The molecule has 1 aromatic carbocycles. The maximum Gasteiger partial charge on any atom is 0.186 e. The monoisotopic (exact) mass is 351 g/mol. The van der Waals surface area contributed by atoms with Gasteiger partial charge in [0.1, 0.15) is 25.4 Å². The lowest BCUT2D eigenvalue weighted by molar-refractivity contribution is -0.921. The summed E-state index contributed by atoms with van der Waals surface area (Å²) in [5.41, 5.74) is 6.00. The van der Waals surface area contributed by atoms with E-state index in [4.69, 9.17) is 21.7 Å². The highest BCUT2D eigenvalue weighted by molar-refractivity contribution is 7.80. The number of hydrogen-bond acceptors (Lipinski definition) is 4. The van der Waals surface area contributed by atoms with Gasteiger partial charge in [-0.25, -0.2) is 0 Å². The number of morpholine rings is 1. The fraction of sp³-hybridized carbons (Fsp3) is 0.529. The van der Waals surface area contributed by atoms with Crippen LogP contribution in [0.25, 0.3) is 0 Å². The quantitative estimate of drug-likeness (QED) is 0.391. The molecular formula is C17H27N4O2S+. The fourth-order valence-electron chi connectivity index (χ4n) is 2.65. The molecule has 1 saturated heterocycles. The number of nitrogens with zero attached hydrogens (tertiary/aromatic N) is 1. The fourth-order valence-corrected chi connectivity index (χ4v) is 2.84. The van der Waals surface area contributed by atoms with E-state index in [1.54, 1.807) is 7.11 Å². The molecule has 3 N–H and O–H groups in total. The second-order valence-corrected chi connectivity index (χ2v) is 6.14. The van der Waals surface area contributed by atoms with Gasteiger partial charge in [0.25, 0.3) is 0 Å². The second kappa shape index (κ2) is 9.56. The van der Waals surface area contributed by atoms with E-state index >= 15 is 0 Å². The van der Waals surface area contributed by atoms with Crippen LogP contribution in [-0.4, -0.2) is 50.8 Å². The number of nitrogens with one attached hydrogen (secondary N) is 3. The molecule has 1 aromatic rings. The molecule has 0 spiro atoms. The van der Waals surface area contributed by atoms with E-state index in [-0.39, 0.29) is 0 Å². The summed E-state index contributed by atoms with van der Waals surface area (Å²) in [5.74, 6) is 0.918. The molecule has 6 nitrogen and oxygen atoms in total. The van der Waals surface area contributed by atoms with Crippen LogP contribution in [0.4, 0.5) is 0 Å². The first kappa shape index (κ1) is 18.6. The molecule has 0 aromatic heterocycles. The smallest absolute Gasteiger partial charge is 0.186 e. The molecule has 0 atom stereocenters. The Balaban J connectivity index is 2.11. The standard InChI is InChI=1S/C17H26N4O2S/c1-4-18-17(24)20-19-13(2)14-5-6-16(22-3)15(11-14)12-21-7-9-23-10-8-21/h5-6,11H,4,7-10,12H2,1-3H3,(H2,18,20,24)/p+1/b19-13-. The summed E-state index contributed by atoms with van der Waals surface area (Å²) in [4.78, 5) is 1.51. The summed E-state index contributed by atoms with van der Waals surface area (Å²) in [6.45, 7) is 9.36. The zero-order chi connectivity index (χ0) is 17.4. The van der Waals surface area contributed by atoms with Crippen molar-refractivity contribution in [3.8, 4) is 5.75 Å². The first-order valence-electron chi connectivity index (χ1n) is 8.30. The minimum absolute atomic E-state index is 0.531. The largest absolute Gasteiger partial charge is 0.496 e. The first-order valence-corrected chi connectivity index (χ1v) is 8.71. The summed E-state index contributed by atoms with van der Waals surface area (Å²) < 4.78 is 11.0. The van der Waals surface area contributed by atoms with Gasteiger partial charge in [-0.05, 0) is 49.8 Å². The van der Waals surface area contributed by atoms with Crippen molar-refractivity contribution in [2.45, 2.75) is 20.4 Å². The number of ether oxygens (including phenoxy) is 2. The van der Waals surface area contributed by atoms with Crippen LogP contribution < -0.4 is 20.4 Å². The zero-order valence-electron chi connectivity index (χ0n) is 14.6. The third kappa shape index (κ3) is 5.43. The number of hydrogen-bond donors (Lipinski definition) is 3. The third-order valence-electron chi connectivity index (χ3n) is 4.00. The van der Waals surface area contributed by atoms with Gasteiger partial charge in [0, 0.05) is 12.1 Å². The second-order valence-electron chi connectivity index (χ2n) is 5.73. The van der Waals surface area contributed by atoms with E-state index in [1.165, 1.54) is 10.5 Å². The van der Waals surface area contributed by atoms with Crippen molar-refractivity contribution >= 4 is 23.0 Å². The Morgan fingerprint density at radius 3 is 2.79 bits per heavy atom. The SMILES string of the molecule is CCNC(=S)N/N=C(/C)c1ccc(OC)c(C[NH+]2CCOCC2)c1. The average Bonchev–Trinajstić information content (AvgIpc) is 2.61. The normalized spacial score (nSPS) is 15.9. The van der Waals surface area contributed by atoms with Crippen molar-refractivity contribution < 1.29 is 14.4 Å². The van der Waals surface area contributed by atoms with Gasteiger partial charge in [-0.1, -0.05) is 0 Å². The molecule has 0 bridgehead atoms. The lowest BCUT2D eigenvalue weighted by atomic mass is 10.1. The van der Waals surface area contributed by atoms with E-state index in [9.17, 15) is 0 Å². The number of thiocarbonyl (C=S) groups is 1. The van der Waals surface area contributed by atoms with Crippen LogP contribution in [0.2, 0.25) is 0 Å². The molecule has 1 heterocycles. The maximum absolute atomic E-state index is 5.52. The summed E-state index contributed by atoms with van der Waals surface area (Å²) in [5, 5.41) is 7.90. The lowest BCUT2D eigenvalue weighted by Gasteiger charge is -2.24. The molecule has 0 unspecified atom stereocenters. The van der Waals surface area contributed by atoms with Crippen LogP contribution in [0, 0.1) is 0 Å². The van der Waals surface area contributed by atoms with Gasteiger partial charge in [0.2, 0.25) is 0 Å². The predicted octanol–water partition coefficient (Wildman–Crippen LogP) is 0.318. The summed E-state index contributed by atoms with van der Waals surface area (Å²) >= 11 is 5.13. The maximum atomic E-state index is 5.52. The number of rotatable bonds is 6. The topological polar surface area (TPSA) is 59.3 Å². The van der Waals surface area contributed by atoms with E-state index in [0.717, 1.165) is 56.4 Å². The van der Waals surface area contributed by atoms with Crippen molar-refractivity contribution in [3.05, 3.63) is 29.3 Å². The van der Waals surface area contributed by atoms with Crippen molar-refractivity contribution in [1.82, 2.24) is 10.7 Å². The van der Waals surface area contributed by atoms with Gasteiger partial charge in [0.15, 0.2) is 5.11 Å². The van der Waals surface area contributed by atoms with Gasteiger partial charge >= 0.3 is 0 Å². The van der Waals surface area contributed by atoms with Gasteiger partial charge in [-0.2, -0.15) is 5.10 Å². The highest BCUT2D eigenvalue weighted by Gasteiger charge is 2.17. The predicted molar refractivity (Wildman–Crippen MR) is 99.8 cm³/mol. The Morgan fingerprint density at radius 1 is 1.38 bits per heavy atom. The lowest BCUT2D eigenvalue weighted by Crippen LogP contribution is -3.12. The molecule has 0 saturated carbocycles. The van der Waals surface area contributed by atoms with Crippen molar-refractivity contribution in [3.63, 3.8) is 0 Å². The Labute approximate surface area is 149 Å². The summed E-state index contributed by atoms with van der Waals surface area (Å²) in [6.07, 6.45) is 0. The van der Waals surface area contributed by atoms with Crippen LogP contribution in [0.1, 0.15) is 25.0 Å². The molecule has 132 valence electrons. The minimum Gasteiger partial charge on any atom is -0.496 e. The van der Waals surface area contributed by atoms with Crippen molar-refractivity contribution in [2.75, 3.05) is 40.0 Å². The molecule has 0 radical (unpaired) electrons. The molecule has 1 aliphatic rings. The van der Waals surface area contributed by atoms with E-state index in [0.29, 0.717) is 5.11 Å². The van der Waals surface area contributed by atoms with Crippen LogP contribution in [0.15, 0.2) is 23.3 Å². The molecule has 7 heteroatoms. The third-order valence-corrected chi connectivity index (χ3v) is 4.24. The zero-order valence-corrected chi connectivity index (χ0v) is 15.5. The highest BCUT2D eigenvalue weighted by atomic mass is 32.1. The van der Waals surface area contributed by atoms with Gasteiger partial charge in [0.05, 0.1) is 26.0 Å². The van der Waals surface area contributed by atoms with Gasteiger partial charge in [-0.3, -0.25) is 5.43 Å². The van der Waals surface area contributed by atoms with Gasteiger partial charge < -0.3 is 19.7 Å². The van der Waals surface area contributed by atoms with Crippen LogP contribution in [0.3, 0.4) is 0 Å². The Morgan fingerprint density at radius 2 is 2.12 bits per heavy atom. The summed E-state index contributed by atoms with van der Waals surface area (Å²) in [7, 11) is 1.71. The molecule has 0 amide bonds. The Bertz CT molecular complexity index is 586. The number of benzene rings is 1.